The van der Waals surface area contributed by atoms with Gasteiger partial charge in [-0.1, -0.05) is 26.0 Å². The Morgan fingerprint density at radius 3 is 2.59 bits per heavy atom. The Morgan fingerprint density at radius 1 is 0.919 bits per heavy atom. The van der Waals surface area contributed by atoms with Crippen LogP contribution >= 0.6 is 0 Å². The van der Waals surface area contributed by atoms with E-state index in [0.717, 1.165) is 49.9 Å². The minimum Gasteiger partial charge on any atom is -0.352 e. The van der Waals surface area contributed by atoms with Crippen molar-refractivity contribution in [3.05, 3.63) is 79.3 Å². The molecule has 0 bridgehead atoms. The van der Waals surface area contributed by atoms with Crippen molar-refractivity contribution in [2.24, 2.45) is 5.92 Å². The molecule has 9 heteroatoms. The van der Waals surface area contributed by atoms with Gasteiger partial charge in [0.25, 0.3) is 0 Å². The molecular weight excluding hydrogens is 469 g/mol. The van der Waals surface area contributed by atoms with Gasteiger partial charge in [0.2, 0.25) is 5.91 Å². The number of anilines is 1. The number of hydrogen-bond donors (Lipinski definition) is 3. The maximum Gasteiger partial charge on any atom is 0.226 e. The van der Waals surface area contributed by atoms with Crippen molar-refractivity contribution in [1.29, 1.82) is 0 Å². The molecule has 6 aromatic rings. The van der Waals surface area contributed by atoms with Gasteiger partial charge >= 0.3 is 0 Å². The lowest BCUT2D eigenvalue weighted by atomic mass is 10.0. The second kappa shape index (κ2) is 8.94. The third-order valence-corrected chi connectivity index (χ3v) is 6.22. The number of carbonyl (C=O) groups is 1. The van der Waals surface area contributed by atoms with Gasteiger partial charge < -0.3 is 10.3 Å². The first-order valence-electron chi connectivity index (χ1n) is 11.8. The van der Waals surface area contributed by atoms with Crippen LogP contribution in [0, 0.1) is 11.7 Å². The molecule has 0 aliphatic heterocycles. The number of rotatable bonds is 5. The Bertz CT molecular complexity index is 1790. The number of nitrogens with zero attached hydrogens (tertiary/aromatic N) is 4. The molecule has 0 unspecified atom stereocenters. The van der Waals surface area contributed by atoms with Crippen LogP contribution in [0.3, 0.4) is 0 Å². The second-order valence-electron chi connectivity index (χ2n) is 9.14. The molecular formula is C28H22FN7O. The van der Waals surface area contributed by atoms with Gasteiger partial charge in [-0.15, -0.1) is 0 Å². The quantitative estimate of drug-likeness (QED) is 0.275. The zero-order valence-corrected chi connectivity index (χ0v) is 20.1. The summed E-state index contributed by atoms with van der Waals surface area (Å²) in [4.78, 5) is 28.7. The van der Waals surface area contributed by atoms with Crippen molar-refractivity contribution in [2.75, 3.05) is 5.32 Å². The van der Waals surface area contributed by atoms with Gasteiger partial charge in [-0.3, -0.25) is 19.9 Å². The normalized spacial score (nSPS) is 11.5. The molecule has 3 N–H and O–H groups in total. The number of aromatic nitrogens is 6. The first-order valence-corrected chi connectivity index (χ1v) is 11.8. The SMILES string of the molecule is CC(C)C(=O)Nc1cncc(-c2cnc3n[nH]c(-c4cc5c(-c6cccc(F)c6)cncc5[nH]4)c3c2)c1. The third-order valence-electron chi connectivity index (χ3n) is 6.22. The summed E-state index contributed by atoms with van der Waals surface area (Å²) in [6.45, 7) is 3.68. The minimum absolute atomic E-state index is 0.0736. The number of carbonyl (C=O) groups excluding carboxylic acids is 1. The van der Waals surface area contributed by atoms with Crippen LogP contribution < -0.4 is 5.32 Å². The summed E-state index contributed by atoms with van der Waals surface area (Å²) in [5.74, 6) is -0.510. The Hall–Kier alpha value is -4.92. The number of nitrogens with one attached hydrogen (secondary N) is 3. The first kappa shape index (κ1) is 22.5. The summed E-state index contributed by atoms with van der Waals surface area (Å²) < 4.78 is 13.9. The van der Waals surface area contributed by atoms with Gasteiger partial charge in [0, 0.05) is 52.0 Å². The van der Waals surface area contributed by atoms with Crippen molar-refractivity contribution in [3.8, 4) is 33.6 Å². The predicted octanol–water partition coefficient (Wildman–Crippen LogP) is 5.96. The van der Waals surface area contributed by atoms with E-state index in [2.05, 4.69) is 35.5 Å². The Labute approximate surface area is 211 Å². The molecule has 8 nitrogen and oxygen atoms in total. The number of halogens is 1. The average molecular weight is 492 g/mol. The van der Waals surface area contributed by atoms with E-state index in [1.54, 1.807) is 37.1 Å². The van der Waals surface area contributed by atoms with Crippen molar-refractivity contribution in [1.82, 2.24) is 30.1 Å². The fraction of sp³-hybridized carbons (Fsp3) is 0.107. The summed E-state index contributed by atoms with van der Waals surface area (Å²) in [5, 5.41) is 12.1. The highest BCUT2D eigenvalue weighted by Gasteiger charge is 2.16. The highest BCUT2D eigenvalue weighted by atomic mass is 19.1. The molecule has 5 aromatic heterocycles. The predicted molar refractivity (Wildman–Crippen MR) is 141 cm³/mol. The maximum absolute atomic E-state index is 13.9. The first-order chi connectivity index (χ1) is 18.0. The lowest BCUT2D eigenvalue weighted by molar-refractivity contribution is -0.118. The van der Waals surface area contributed by atoms with E-state index < -0.39 is 0 Å². The van der Waals surface area contributed by atoms with Crippen LogP contribution in [0.2, 0.25) is 0 Å². The molecule has 0 saturated carbocycles. The van der Waals surface area contributed by atoms with E-state index in [0.29, 0.717) is 11.3 Å². The van der Waals surface area contributed by atoms with Crippen molar-refractivity contribution in [3.63, 3.8) is 0 Å². The summed E-state index contributed by atoms with van der Waals surface area (Å²) in [5.41, 5.74) is 6.81. The van der Waals surface area contributed by atoms with Gasteiger partial charge in [-0.25, -0.2) is 9.37 Å². The largest absolute Gasteiger partial charge is 0.352 e. The Kier molecular flexibility index (Phi) is 5.45. The van der Waals surface area contributed by atoms with Crippen LogP contribution in [0.15, 0.2) is 73.4 Å². The fourth-order valence-corrected chi connectivity index (χ4v) is 4.29. The smallest absolute Gasteiger partial charge is 0.226 e. The molecule has 0 aliphatic rings. The van der Waals surface area contributed by atoms with Gasteiger partial charge in [0.1, 0.15) is 5.82 Å². The van der Waals surface area contributed by atoms with E-state index in [1.165, 1.54) is 12.1 Å². The fourth-order valence-electron chi connectivity index (χ4n) is 4.29. The number of amides is 1. The van der Waals surface area contributed by atoms with Gasteiger partial charge in [0.05, 0.1) is 35.0 Å². The van der Waals surface area contributed by atoms with Crippen LogP contribution in [0.4, 0.5) is 10.1 Å². The molecule has 0 aliphatic carbocycles. The lowest BCUT2D eigenvalue weighted by Crippen LogP contribution is -2.17. The monoisotopic (exact) mass is 491 g/mol. The van der Waals surface area contributed by atoms with Crippen LogP contribution in [0.5, 0.6) is 0 Å². The lowest BCUT2D eigenvalue weighted by Gasteiger charge is -2.09. The summed E-state index contributed by atoms with van der Waals surface area (Å²) >= 11 is 0. The van der Waals surface area contributed by atoms with Crippen LogP contribution in [0.1, 0.15) is 13.8 Å². The van der Waals surface area contributed by atoms with Crippen LogP contribution in [-0.2, 0) is 4.79 Å². The molecule has 1 aromatic carbocycles. The number of pyridine rings is 3. The zero-order chi connectivity index (χ0) is 25.5. The standard InChI is InChI=1S/C28H22FN7O/c1-15(2)28(37)33-20-7-17(10-30-12-20)18-8-22-26(35-36-27(22)32-11-18)24-9-21-23(13-31-14-25(21)34-24)16-4-3-5-19(29)6-16/h3-15,34H,1-2H3,(H,33,37)(H,32,35,36). The van der Waals surface area contributed by atoms with Gasteiger partial charge in [-0.05, 0) is 35.9 Å². The number of hydrogen-bond acceptors (Lipinski definition) is 5. The van der Waals surface area contributed by atoms with E-state index in [4.69, 9.17) is 0 Å². The maximum atomic E-state index is 13.9. The number of aromatic amines is 2. The minimum atomic E-state index is -0.300. The molecule has 5 heterocycles. The third kappa shape index (κ3) is 4.20. The van der Waals surface area contributed by atoms with Gasteiger partial charge in [0.15, 0.2) is 5.65 Å². The summed E-state index contributed by atoms with van der Waals surface area (Å²) in [7, 11) is 0. The topological polar surface area (TPSA) is 112 Å². The number of H-pyrrole nitrogens is 2. The number of fused-ring (bicyclic) bond motifs is 2. The van der Waals surface area contributed by atoms with Crippen molar-refractivity contribution in [2.45, 2.75) is 13.8 Å². The van der Waals surface area contributed by atoms with Crippen molar-refractivity contribution >= 4 is 33.5 Å². The van der Waals surface area contributed by atoms with E-state index in [-0.39, 0.29) is 17.6 Å². The van der Waals surface area contributed by atoms with Gasteiger partial charge in [-0.2, -0.15) is 5.10 Å². The highest BCUT2D eigenvalue weighted by molar-refractivity contribution is 6.00. The molecule has 0 fully saturated rings. The second-order valence-corrected chi connectivity index (χ2v) is 9.14. The molecule has 6 rings (SSSR count). The molecule has 0 spiro atoms. The Morgan fingerprint density at radius 2 is 1.76 bits per heavy atom. The molecule has 0 saturated heterocycles. The van der Waals surface area contributed by atoms with E-state index in [9.17, 15) is 9.18 Å². The molecule has 37 heavy (non-hydrogen) atoms. The molecule has 0 radical (unpaired) electrons. The van der Waals surface area contributed by atoms with Crippen LogP contribution in [-0.4, -0.2) is 36.0 Å². The average Bonchev–Trinajstić information content (AvgIpc) is 3.52. The Balaban J connectivity index is 1.41. The number of benzene rings is 1. The van der Waals surface area contributed by atoms with E-state index >= 15 is 0 Å². The molecule has 1 amide bonds. The van der Waals surface area contributed by atoms with Crippen molar-refractivity contribution < 1.29 is 9.18 Å². The summed E-state index contributed by atoms with van der Waals surface area (Å²) in [6.07, 6.45) is 8.56. The van der Waals surface area contributed by atoms with E-state index in [1.807, 2.05) is 38.1 Å². The van der Waals surface area contributed by atoms with Crippen LogP contribution in [0.25, 0.3) is 55.6 Å². The molecule has 182 valence electrons. The summed E-state index contributed by atoms with van der Waals surface area (Å²) in [6, 6.07) is 12.3. The highest BCUT2D eigenvalue weighted by Crippen LogP contribution is 2.34. The zero-order valence-electron chi connectivity index (χ0n) is 20.1. The molecule has 0 atom stereocenters.